The minimum Gasteiger partial charge on any atom is -0.385 e. The van der Waals surface area contributed by atoms with Crippen LogP contribution in [0.4, 0.5) is 10.5 Å². The van der Waals surface area contributed by atoms with Gasteiger partial charge in [-0.2, -0.15) is 0 Å². The summed E-state index contributed by atoms with van der Waals surface area (Å²) in [6.07, 6.45) is 3.24. The number of aromatic nitrogens is 1. The van der Waals surface area contributed by atoms with Crippen LogP contribution in [-0.4, -0.2) is 60.1 Å². The molecular formula is C31H34Cl2N4O3. The molecule has 0 saturated heterocycles. The average Bonchev–Trinajstić information content (AvgIpc) is 3.36. The first kappa shape index (κ1) is 29.5. The number of carbonyl (C=O) groups is 2. The minimum absolute atomic E-state index is 0.0998. The van der Waals surface area contributed by atoms with Crippen LogP contribution in [0.2, 0.25) is 10.0 Å². The molecule has 2 N–H and O–H groups in total. The van der Waals surface area contributed by atoms with Crippen molar-refractivity contribution < 1.29 is 14.3 Å². The molecule has 0 spiro atoms. The van der Waals surface area contributed by atoms with Crippen molar-refractivity contribution in [1.29, 1.82) is 0 Å². The second kappa shape index (κ2) is 14.2. The van der Waals surface area contributed by atoms with Gasteiger partial charge in [-0.25, -0.2) is 4.79 Å². The maximum absolute atomic E-state index is 13.8. The fourth-order valence-corrected chi connectivity index (χ4v) is 5.01. The van der Waals surface area contributed by atoms with Gasteiger partial charge in [-0.15, -0.1) is 0 Å². The molecule has 4 rings (SSSR count). The van der Waals surface area contributed by atoms with Gasteiger partial charge in [0, 0.05) is 50.5 Å². The number of H-pyrrole nitrogens is 1. The molecule has 0 saturated carbocycles. The number of para-hydroxylation sites is 2. The average molecular weight is 582 g/mol. The fraction of sp³-hybridized carbons (Fsp3) is 0.290. The molecule has 0 aliphatic carbocycles. The van der Waals surface area contributed by atoms with E-state index >= 15 is 0 Å². The lowest BCUT2D eigenvalue weighted by molar-refractivity contribution is -0.132. The Balaban J connectivity index is 1.53. The molecule has 3 amide bonds. The standard InChI is InChI=1S/C31H34Cl2N4O3/c1-22-11-13-23(14-12-22)20-36(17-15-24-19-34-28-10-4-3-7-25(24)28)29(38)21-37(16-6-18-40-2)31(39)35-30-26(32)8-5-9-27(30)33/h3-5,7-14,19,34H,6,15-18,20-21H2,1-2H3,(H,35,39). The number of carbonyl (C=O) groups excluding carboxylic acids is 2. The van der Waals surface area contributed by atoms with Crippen molar-refractivity contribution in [3.63, 3.8) is 0 Å². The summed E-state index contributed by atoms with van der Waals surface area (Å²) in [6, 6.07) is 20.8. The molecule has 4 aromatic rings. The van der Waals surface area contributed by atoms with Gasteiger partial charge < -0.3 is 24.8 Å². The van der Waals surface area contributed by atoms with Gasteiger partial charge in [-0.1, -0.05) is 77.3 Å². The molecule has 1 aromatic heterocycles. The molecule has 7 nitrogen and oxygen atoms in total. The zero-order chi connectivity index (χ0) is 28.5. The van der Waals surface area contributed by atoms with Crippen molar-refractivity contribution in [1.82, 2.24) is 14.8 Å². The Kier molecular flexibility index (Phi) is 10.5. The number of rotatable bonds is 12. The topological polar surface area (TPSA) is 77.7 Å². The van der Waals surface area contributed by atoms with Crippen molar-refractivity contribution in [3.05, 3.63) is 99.7 Å². The highest BCUT2D eigenvalue weighted by Crippen LogP contribution is 2.30. The quantitative estimate of drug-likeness (QED) is 0.178. The number of nitrogens with one attached hydrogen (secondary N) is 2. The summed E-state index contributed by atoms with van der Waals surface area (Å²) in [5, 5.41) is 4.57. The highest BCUT2D eigenvalue weighted by Gasteiger charge is 2.23. The van der Waals surface area contributed by atoms with Crippen molar-refractivity contribution >= 4 is 51.7 Å². The van der Waals surface area contributed by atoms with Gasteiger partial charge in [0.2, 0.25) is 5.91 Å². The molecule has 40 heavy (non-hydrogen) atoms. The summed E-state index contributed by atoms with van der Waals surface area (Å²) in [7, 11) is 1.60. The lowest BCUT2D eigenvalue weighted by Crippen LogP contribution is -2.45. The minimum atomic E-state index is -0.452. The lowest BCUT2D eigenvalue weighted by atomic mass is 10.1. The van der Waals surface area contributed by atoms with Gasteiger partial charge in [-0.05, 0) is 49.1 Å². The van der Waals surface area contributed by atoms with Crippen LogP contribution in [0.15, 0.2) is 72.9 Å². The smallest absolute Gasteiger partial charge is 0.322 e. The van der Waals surface area contributed by atoms with Crippen molar-refractivity contribution in [2.45, 2.75) is 26.3 Å². The number of aromatic amines is 1. The Bertz CT molecular complexity index is 1420. The van der Waals surface area contributed by atoms with Crippen molar-refractivity contribution in [3.8, 4) is 0 Å². The highest BCUT2D eigenvalue weighted by atomic mass is 35.5. The Morgan fingerprint density at radius 2 is 1.65 bits per heavy atom. The fourth-order valence-electron chi connectivity index (χ4n) is 4.52. The molecular weight excluding hydrogens is 547 g/mol. The third-order valence-corrected chi connectivity index (χ3v) is 7.39. The second-order valence-electron chi connectivity index (χ2n) is 9.71. The molecule has 1 heterocycles. The number of methoxy groups -OCH3 is 1. The molecule has 0 atom stereocenters. The van der Waals surface area contributed by atoms with Gasteiger partial charge >= 0.3 is 6.03 Å². The predicted octanol–water partition coefficient (Wildman–Crippen LogP) is 6.93. The largest absolute Gasteiger partial charge is 0.385 e. The summed E-state index contributed by atoms with van der Waals surface area (Å²) < 4.78 is 5.19. The van der Waals surface area contributed by atoms with E-state index in [9.17, 15) is 9.59 Å². The SMILES string of the molecule is COCCCN(CC(=O)N(CCc1c[nH]c2ccccc12)Cc1ccc(C)cc1)C(=O)Nc1c(Cl)cccc1Cl. The highest BCUT2D eigenvalue weighted by molar-refractivity contribution is 6.39. The number of halogens is 2. The summed E-state index contributed by atoms with van der Waals surface area (Å²) in [5.74, 6) is -0.154. The Hall–Kier alpha value is -3.52. The number of urea groups is 1. The summed E-state index contributed by atoms with van der Waals surface area (Å²) >= 11 is 12.6. The van der Waals surface area contributed by atoms with E-state index in [0.717, 1.165) is 27.6 Å². The van der Waals surface area contributed by atoms with Crippen LogP contribution in [0.3, 0.4) is 0 Å². The molecule has 3 aromatic carbocycles. The van der Waals surface area contributed by atoms with Crippen LogP contribution in [0, 0.1) is 6.92 Å². The lowest BCUT2D eigenvalue weighted by Gasteiger charge is -2.28. The first-order valence-electron chi connectivity index (χ1n) is 13.2. The Morgan fingerprint density at radius 1 is 0.925 bits per heavy atom. The van der Waals surface area contributed by atoms with Crippen LogP contribution in [-0.2, 0) is 22.5 Å². The number of hydrogen-bond donors (Lipinski definition) is 2. The van der Waals surface area contributed by atoms with E-state index < -0.39 is 6.03 Å². The molecule has 0 aliphatic rings. The van der Waals surface area contributed by atoms with Crippen LogP contribution in [0.5, 0.6) is 0 Å². The number of hydrogen-bond acceptors (Lipinski definition) is 3. The number of aryl methyl sites for hydroxylation is 1. The van der Waals surface area contributed by atoms with Crippen LogP contribution >= 0.6 is 23.2 Å². The zero-order valence-electron chi connectivity index (χ0n) is 22.8. The monoisotopic (exact) mass is 580 g/mol. The number of fused-ring (bicyclic) bond motifs is 1. The Morgan fingerprint density at radius 3 is 2.38 bits per heavy atom. The van der Waals surface area contributed by atoms with Crippen LogP contribution in [0.25, 0.3) is 10.9 Å². The number of benzene rings is 3. The molecule has 0 aliphatic heterocycles. The third kappa shape index (κ3) is 7.78. The van der Waals surface area contributed by atoms with Gasteiger partial charge in [0.1, 0.15) is 6.54 Å². The maximum atomic E-state index is 13.8. The van der Waals surface area contributed by atoms with Crippen molar-refractivity contribution in [2.24, 2.45) is 0 Å². The molecule has 210 valence electrons. The summed E-state index contributed by atoms with van der Waals surface area (Å²) in [6.45, 7) is 3.65. The van der Waals surface area contributed by atoms with E-state index in [1.165, 1.54) is 4.90 Å². The van der Waals surface area contributed by atoms with Gasteiger partial charge in [0.25, 0.3) is 0 Å². The van der Waals surface area contributed by atoms with E-state index in [-0.39, 0.29) is 12.5 Å². The van der Waals surface area contributed by atoms with Gasteiger partial charge in [0.05, 0.1) is 15.7 Å². The maximum Gasteiger partial charge on any atom is 0.322 e. The summed E-state index contributed by atoms with van der Waals surface area (Å²) in [5.41, 5.74) is 4.69. The van der Waals surface area contributed by atoms with Gasteiger partial charge in [0.15, 0.2) is 0 Å². The van der Waals surface area contributed by atoms with E-state index in [0.29, 0.717) is 54.8 Å². The Labute approximate surface area is 245 Å². The first-order valence-corrected chi connectivity index (χ1v) is 14.0. The van der Waals surface area contributed by atoms with E-state index in [4.69, 9.17) is 27.9 Å². The second-order valence-corrected chi connectivity index (χ2v) is 10.5. The van der Waals surface area contributed by atoms with E-state index in [1.807, 2.05) is 60.5 Å². The van der Waals surface area contributed by atoms with Gasteiger partial charge in [-0.3, -0.25) is 4.79 Å². The molecule has 0 fully saturated rings. The van der Waals surface area contributed by atoms with Crippen molar-refractivity contribution in [2.75, 3.05) is 38.7 Å². The predicted molar refractivity (Wildman–Crippen MR) is 162 cm³/mol. The molecule has 0 unspecified atom stereocenters. The number of amides is 3. The molecule has 0 bridgehead atoms. The molecule has 9 heteroatoms. The first-order chi connectivity index (χ1) is 19.4. The van der Waals surface area contributed by atoms with Crippen LogP contribution in [0.1, 0.15) is 23.1 Å². The van der Waals surface area contributed by atoms with E-state index in [1.54, 1.807) is 25.3 Å². The summed E-state index contributed by atoms with van der Waals surface area (Å²) in [4.78, 5) is 33.7. The molecule has 0 radical (unpaired) electrons. The van der Waals surface area contributed by atoms with Crippen LogP contribution < -0.4 is 5.32 Å². The number of ether oxygens (including phenoxy) is 1. The zero-order valence-corrected chi connectivity index (χ0v) is 24.3. The number of anilines is 1. The van der Waals surface area contributed by atoms with E-state index in [2.05, 4.69) is 16.4 Å². The third-order valence-electron chi connectivity index (χ3n) is 6.76. The normalized spacial score (nSPS) is 11.0. The number of nitrogens with zero attached hydrogens (tertiary/aromatic N) is 2.